The maximum atomic E-state index is 5.84. The second-order valence-corrected chi connectivity index (χ2v) is 5.20. The van der Waals surface area contributed by atoms with Crippen molar-refractivity contribution >= 4 is 35.6 Å². The van der Waals surface area contributed by atoms with Crippen LogP contribution >= 0.6 is 24.0 Å². The van der Waals surface area contributed by atoms with Gasteiger partial charge in [-0.2, -0.15) is 0 Å². The summed E-state index contributed by atoms with van der Waals surface area (Å²) in [5, 5.41) is 3.14. The van der Waals surface area contributed by atoms with E-state index >= 15 is 0 Å². The van der Waals surface area contributed by atoms with Gasteiger partial charge in [0.05, 0.1) is 5.69 Å². The zero-order valence-corrected chi connectivity index (χ0v) is 15.5. The Balaban J connectivity index is 0.00000242. The predicted molar refractivity (Wildman–Crippen MR) is 103 cm³/mol. The molecule has 0 fully saturated rings. The molecule has 0 atom stereocenters. The van der Waals surface area contributed by atoms with Gasteiger partial charge in [-0.3, -0.25) is 4.99 Å². The first-order valence-corrected chi connectivity index (χ1v) is 7.76. The fraction of sp³-hybridized carbons (Fsp3) is 0.500. The zero-order valence-electron chi connectivity index (χ0n) is 13.2. The third kappa shape index (κ3) is 6.21. The molecule has 0 aliphatic rings. The summed E-state index contributed by atoms with van der Waals surface area (Å²) < 4.78 is 2.03. The van der Waals surface area contributed by atoms with Crippen molar-refractivity contribution in [3.63, 3.8) is 0 Å². The number of pyridine rings is 1. The number of imidazole rings is 1. The Hall–Kier alpha value is -1.31. The van der Waals surface area contributed by atoms with Crippen LogP contribution in [0.3, 0.4) is 0 Å². The van der Waals surface area contributed by atoms with Crippen LogP contribution in [-0.4, -0.2) is 28.4 Å². The fourth-order valence-electron chi connectivity index (χ4n) is 2.22. The van der Waals surface area contributed by atoms with Gasteiger partial charge in [-0.05, 0) is 18.6 Å². The number of halogens is 1. The van der Waals surface area contributed by atoms with Gasteiger partial charge in [0, 0.05) is 31.9 Å². The highest BCUT2D eigenvalue weighted by Gasteiger charge is 2.00. The van der Waals surface area contributed by atoms with E-state index in [1.54, 1.807) is 0 Å². The van der Waals surface area contributed by atoms with E-state index in [1.165, 1.54) is 19.3 Å². The van der Waals surface area contributed by atoms with Gasteiger partial charge in [0.25, 0.3) is 0 Å². The number of nitrogens with zero attached hydrogens (tertiary/aromatic N) is 3. The standard InChI is InChI=1S/C16H25N5.HI/c1-2-3-4-6-10-18-16(17)19-11-9-14-13-21-12-7-5-8-15(21)20-14;/h5,7-8,12-13H,2-4,6,9-11H2,1H3,(H3,17,18,19);1H. The molecular weight excluding hydrogens is 389 g/mol. The van der Waals surface area contributed by atoms with Crippen LogP contribution in [0.2, 0.25) is 0 Å². The molecule has 3 N–H and O–H groups in total. The van der Waals surface area contributed by atoms with Crippen molar-refractivity contribution in [1.29, 1.82) is 0 Å². The Morgan fingerprint density at radius 2 is 2.18 bits per heavy atom. The highest BCUT2D eigenvalue weighted by Crippen LogP contribution is 2.04. The van der Waals surface area contributed by atoms with E-state index in [2.05, 4.69) is 28.4 Å². The van der Waals surface area contributed by atoms with Crippen LogP contribution in [0.15, 0.2) is 35.6 Å². The Labute approximate surface area is 149 Å². The molecule has 2 aromatic rings. The van der Waals surface area contributed by atoms with Crippen molar-refractivity contribution in [2.45, 2.75) is 39.0 Å². The molecule has 2 rings (SSSR count). The topological polar surface area (TPSA) is 67.7 Å². The summed E-state index contributed by atoms with van der Waals surface area (Å²) in [5.74, 6) is 0.537. The van der Waals surface area contributed by atoms with Crippen molar-refractivity contribution in [3.8, 4) is 0 Å². The first kappa shape index (κ1) is 18.7. The van der Waals surface area contributed by atoms with Crippen LogP contribution in [0.5, 0.6) is 0 Å². The molecule has 2 aromatic heterocycles. The van der Waals surface area contributed by atoms with Crippen LogP contribution in [-0.2, 0) is 6.42 Å². The molecule has 0 bridgehead atoms. The monoisotopic (exact) mass is 415 g/mol. The van der Waals surface area contributed by atoms with Crippen molar-refractivity contribution in [1.82, 2.24) is 14.7 Å². The summed E-state index contributed by atoms with van der Waals surface area (Å²) >= 11 is 0. The molecule has 6 heteroatoms. The normalized spacial score (nSPS) is 11.4. The maximum Gasteiger partial charge on any atom is 0.188 e. The first-order valence-electron chi connectivity index (χ1n) is 7.76. The number of guanidine groups is 1. The van der Waals surface area contributed by atoms with Gasteiger partial charge >= 0.3 is 0 Å². The minimum atomic E-state index is 0. The second kappa shape index (κ2) is 10.4. The Morgan fingerprint density at radius 3 is 2.95 bits per heavy atom. The molecule has 5 nitrogen and oxygen atoms in total. The summed E-state index contributed by atoms with van der Waals surface area (Å²) in [6.45, 7) is 3.78. The molecule has 22 heavy (non-hydrogen) atoms. The van der Waals surface area contributed by atoms with Gasteiger partial charge < -0.3 is 15.5 Å². The molecule has 2 heterocycles. The Bertz CT molecular complexity index is 546. The summed E-state index contributed by atoms with van der Waals surface area (Å²) in [5.41, 5.74) is 7.88. The predicted octanol–water partition coefficient (Wildman–Crippen LogP) is 2.98. The van der Waals surface area contributed by atoms with Gasteiger partial charge in [-0.15, -0.1) is 24.0 Å². The number of aliphatic imine (C=N–C) groups is 1. The van der Waals surface area contributed by atoms with Crippen molar-refractivity contribution in [2.75, 3.05) is 13.1 Å². The van der Waals surface area contributed by atoms with Gasteiger partial charge in [0.1, 0.15) is 5.65 Å². The third-order valence-corrected chi connectivity index (χ3v) is 3.39. The van der Waals surface area contributed by atoms with Crippen LogP contribution in [0.4, 0.5) is 0 Å². The third-order valence-electron chi connectivity index (χ3n) is 3.39. The fourth-order valence-corrected chi connectivity index (χ4v) is 2.22. The maximum absolute atomic E-state index is 5.84. The van der Waals surface area contributed by atoms with Crippen molar-refractivity contribution < 1.29 is 0 Å². The lowest BCUT2D eigenvalue weighted by Crippen LogP contribution is -2.33. The summed E-state index contributed by atoms with van der Waals surface area (Å²) in [4.78, 5) is 8.88. The number of rotatable bonds is 8. The molecule has 0 aliphatic carbocycles. The molecule has 0 aromatic carbocycles. The minimum absolute atomic E-state index is 0. The number of nitrogens with one attached hydrogen (secondary N) is 1. The van der Waals surface area contributed by atoms with Crippen LogP contribution in [0, 0.1) is 0 Å². The average Bonchev–Trinajstić information content (AvgIpc) is 2.89. The second-order valence-electron chi connectivity index (χ2n) is 5.20. The Kier molecular flexibility index (Phi) is 8.88. The highest BCUT2D eigenvalue weighted by atomic mass is 127. The number of fused-ring (bicyclic) bond motifs is 1. The van der Waals surface area contributed by atoms with Crippen LogP contribution in [0.1, 0.15) is 38.3 Å². The van der Waals surface area contributed by atoms with Gasteiger partial charge in [-0.25, -0.2) is 4.98 Å². The largest absolute Gasteiger partial charge is 0.370 e. The van der Waals surface area contributed by atoms with E-state index in [0.29, 0.717) is 5.96 Å². The lowest BCUT2D eigenvalue weighted by Gasteiger charge is -2.04. The summed E-state index contributed by atoms with van der Waals surface area (Å²) in [6, 6.07) is 6.00. The molecule has 0 saturated carbocycles. The molecule has 0 aliphatic heterocycles. The summed E-state index contributed by atoms with van der Waals surface area (Å²) in [7, 11) is 0. The quantitative estimate of drug-likeness (QED) is 0.302. The minimum Gasteiger partial charge on any atom is -0.370 e. The van der Waals surface area contributed by atoms with Gasteiger partial charge in [0.15, 0.2) is 5.96 Å². The molecule has 0 spiro atoms. The molecular formula is C16H26IN5. The number of hydrogen-bond donors (Lipinski definition) is 2. The number of aromatic nitrogens is 2. The van der Waals surface area contributed by atoms with E-state index in [0.717, 1.165) is 37.3 Å². The average molecular weight is 415 g/mol. The highest BCUT2D eigenvalue weighted by molar-refractivity contribution is 14.0. The first-order chi connectivity index (χ1) is 10.3. The molecule has 0 amide bonds. The number of unbranched alkanes of at least 4 members (excludes halogenated alkanes) is 3. The van der Waals surface area contributed by atoms with E-state index in [-0.39, 0.29) is 24.0 Å². The Morgan fingerprint density at radius 1 is 1.32 bits per heavy atom. The van der Waals surface area contributed by atoms with Crippen molar-refractivity contribution in [2.24, 2.45) is 10.7 Å². The van der Waals surface area contributed by atoms with Gasteiger partial charge in [0.2, 0.25) is 0 Å². The van der Waals surface area contributed by atoms with E-state index < -0.39 is 0 Å². The van der Waals surface area contributed by atoms with E-state index in [9.17, 15) is 0 Å². The molecule has 0 radical (unpaired) electrons. The van der Waals surface area contributed by atoms with E-state index in [1.807, 2.05) is 28.8 Å². The van der Waals surface area contributed by atoms with E-state index in [4.69, 9.17) is 5.73 Å². The van der Waals surface area contributed by atoms with Crippen LogP contribution < -0.4 is 11.1 Å². The molecule has 0 unspecified atom stereocenters. The summed E-state index contributed by atoms with van der Waals surface area (Å²) in [6.07, 6.45) is 9.76. The molecule has 0 saturated heterocycles. The lowest BCUT2D eigenvalue weighted by atomic mass is 10.2. The van der Waals surface area contributed by atoms with Gasteiger partial charge in [-0.1, -0.05) is 32.3 Å². The molecule has 122 valence electrons. The number of hydrogen-bond acceptors (Lipinski definition) is 2. The smallest absolute Gasteiger partial charge is 0.188 e. The van der Waals surface area contributed by atoms with Crippen LogP contribution in [0.25, 0.3) is 5.65 Å². The lowest BCUT2D eigenvalue weighted by molar-refractivity contribution is 0.673. The zero-order chi connectivity index (χ0) is 14.9. The van der Waals surface area contributed by atoms with Crippen molar-refractivity contribution in [3.05, 3.63) is 36.3 Å². The number of nitrogens with two attached hydrogens (primary N) is 1. The SMILES string of the molecule is CCCCCCN=C(N)NCCc1cn2ccccc2n1.I.